The minimum Gasteiger partial charge on any atom is -0.367 e. The van der Waals surface area contributed by atoms with Crippen LogP contribution >= 0.6 is 23.2 Å². The van der Waals surface area contributed by atoms with Gasteiger partial charge < -0.3 is 5.32 Å². The Bertz CT molecular complexity index is 1300. The van der Waals surface area contributed by atoms with Gasteiger partial charge in [-0.25, -0.2) is 14.4 Å². The van der Waals surface area contributed by atoms with Crippen LogP contribution in [0.5, 0.6) is 0 Å². The smallest absolute Gasteiger partial charge is 0.224 e. The summed E-state index contributed by atoms with van der Waals surface area (Å²) in [5.74, 6) is 1.62. The molecule has 5 rings (SSSR count). The maximum absolute atomic E-state index is 13.9. The van der Waals surface area contributed by atoms with Gasteiger partial charge in [-0.2, -0.15) is 0 Å². The Kier molecular flexibility index (Phi) is 6.35. The Hall–Kier alpha value is -2.50. The number of anilines is 1. The number of aromatic nitrogens is 3. The fraction of sp³-hybridized carbons (Fsp3) is 0.346. The molecule has 4 aromatic rings. The molecule has 1 fully saturated rings. The normalized spacial score (nSPS) is 19.6. The standard InChI is InChI=1S/C26H25Cl2FN4/c1-15(31-25-21-8-6-18(27)13-24(21)32-26(28)33-25)12-16-2-4-17(5-3-16)20-10-11-30-23-9-7-19(29)14-22(20)23/h6-11,13-17H,2-5,12H2,1H3,(H,31,32,33)/t15?,16-,17+. The van der Waals surface area contributed by atoms with E-state index < -0.39 is 0 Å². The van der Waals surface area contributed by atoms with Crippen molar-refractivity contribution >= 4 is 50.8 Å². The monoisotopic (exact) mass is 482 g/mol. The van der Waals surface area contributed by atoms with Crippen LogP contribution in [0.1, 0.15) is 50.5 Å². The lowest BCUT2D eigenvalue weighted by Gasteiger charge is -2.31. The van der Waals surface area contributed by atoms with E-state index in [1.165, 1.54) is 11.6 Å². The molecule has 1 saturated carbocycles. The highest BCUT2D eigenvalue weighted by molar-refractivity contribution is 6.31. The predicted molar refractivity (Wildman–Crippen MR) is 134 cm³/mol. The molecule has 1 unspecified atom stereocenters. The second-order valence-corrected chi connectivity index (χ2v) is 9.84. The van der Waals surface area contributed by atoms with Crippen LogP contribution < -0.4 is 5.32 Å². The van der Waals surface area contributed by atoms with Crippen LogP contribution in [0, 0.1) is 11.7 Å². The van der Waals surface area contributed by atoms with Gasteiger partial charge in [0.05, 0.1) is 11.0 Å². The summed E-state index contributed by atoms with van der Waals surface area (Å²) in [6.45, 7) is 2.18. The minimum absolute atomic E-state index is 0.204. The summed E-state index contributed by atoms with van der Waals surface area (Å²) in [6, 6.07) is 12.7. The number of hydrogen-bond donors (Lipinski definition) is 1. The first kappa shape index (κ1) is 22.3. The van der Waals surface area contributed by atoms with Gasteiger partial charge in [0, 0.05) is 28.0 Å². The zero-order chi connectivity index (χ0) is 22.9. The summed E-state index contributed by atoms with van der Waals surface area (Å²) < 4.78 is 13.9. The van der Waals surface area contributed by atoms with E-state index in [-0.39, 0.29) is 17.1 Å². The molecule has 0 saturated heterocycles. The highest BCUT2D eigenvalue weighted by Crippen LogP contribution is 2.40. The molecule has 4 nitrogen and oxygen atoms in total. The van der Waals surface area contributed by atoms with Gasteiger partial charge in [-0.1, -0.05) is 11.6 Å². The van der Waals surface area contributed by atoms with Gasteiger partial charge in [-0.15, -0.1) is 0 Å². The third-order valence-corrected chi connectivity index (χ3v) is 7.13. The fourth-order valence-electron chi connectivity index (χ4n) is 5.18. The van der Waals surface area contributed by atoms with Crippen molar-refractivity contribution in [3.8, 4) is 0 Å². The summed E-state index contributed by atoms with van der Waals surface area (Å²) >= 11 is 12.3. The van der Waals surface area contributed by atoms with Crippen molar-refractivity contribution in [2.24, 2.45) is 5.92 Å². The first-order valence-corrected chi connectivity index (χ1v) is 12.2. The predicted octanol–water partition coefficient (Wildman–Crippen LogP) is 7.79. The van der Waals surface area contributed by atoms with Gasteiger partial charge in [-0.05, 0) is 110 Å². The maximum atomic E-state index is 13.9. The molecular weight excluding hydrogens is 458 g/mol. The number of hydrogen-bond acceptors (Lipinski definition) is 4. The van der Waals surface area contributed by atoms with Crippen LogP contribution in [0.2, 0.25) is 10.3 Å². The number of halogens is 3. The zero-order valence-electron chi connectivity index (χ0n) is 18.4. The molecular formula is C26H25Cl2FN4. The average molecular weight is 483 g/mol. The van der Waals surface area contributed by atoms with Crippen molar-refractivity contribution in [3.63, 3.8) is 0 Å². The van der Waals surface area contributed by atoms with E-state index in [1.54, 1.807) is 18.2 Å². The average Bonchev–Trinajstić information content (AvgIpc) is 2.78. The topological polar surface area (TPSA) is 50.7 Å². The summed E-state index contributed by atoms with van der Waals surface area (Å²) in [4.78, 5) is 13.1. The van der Waals surface area contributed by atoms with Crippen molar-refractivity contribution in [3.05, 3.63) is 70.3 Å². The van der Waals surface area contributed by atoms with Gasteiger partial charge in [0.25, 0.3) is 0 Å². The van der Waals surface area contributed by atoms with Crippen LogP contribution in [0.15, 0.2) is 48.7 Å². The minimum atomic E-state index is -0.204. The van der Waals surface area contributed by atoms with Crippen LogP contribution in [0.25, 0.3) is 21.8 Å². The molecule has 0 spiro atoms. The number of fused-ring (bicyclic) bond motifs is 2. The Morgan fingerprint density at radius 2 is 1.79 bits per heavy atom. The summed E-state index contributed by atoms with van der Waals surface area (Å²) in [5.41, 5.74) is 2.83. The van der Waals surface area contributed by atoms with Crippen LogP contribution in [-0.2, 0) is 0 Å². The SMILES string of the molecule is CC(C[C@H]1CC[C@@H](c2ccnc3ccc(F)cc32)CC1)Nc1nc(Cl)nc2cc(Cl)ccc12. The number of rotatable bonds is 5. The first-order chi connectivity index (χ1) is 16.0. The van der Waals surface area contributed by atoms with E-state index >= 15 is 0 Å². The quantitative estimate of drug-likeness (QED) is 0.295. The van der Waals surface area contributed by atoms with E-state index in [0.717, 1.165) is 59.7 Å². The molecule has 1 atom stereocenters. The summed E-state index contributed by atoms with van der Waals surface area (Å²) in [7, 11) is 0. The van der Waals surface area contributed by atoms with E-state index in [1.807, 2.05) is 18.3 Å². The second-order valence-electron chi connectivity index (χ2n) is 9.06. The third kappa shape index (κ3) is 4.90. The summed E-state index contributed by atoms with van der Waals surface area (Å²) in [5, 5.41) is 6.23. The molecule has 0 aliphatic heterocycles. The Labute approximate surface area is 202 Å². The molecule has 2 aromatic carbocycles. The molecule has 0 amide bonds. The van der Waals surface area contributed by atoms with Crippen molar-refractivity contribution in [2.45, 2.75) is 51.0 Å². The van der Waals surface area contributed by atoms with E-state index in [0.29, 0.717) is 16.9 Å². The lowest BCUT2D eigenvalue weighted by Crippen LogP contribution is -2.23. The van der Waals surface area contributed by atoms with E-state index in [9.17, 15) is 4.39 Å². The third-order valence-electron chi connectivity index (χ3n) is 6.73. The molecule has 7 heteroatoms. The van der Waals surface area contributed by atoms with Crippen molar-refractivity contribution in [1.82, 2.24) is 15.0 Å². The highest BCUT2D eigenvalue weighted by Gasteiger charge is 2.25. The van der Waals surface area contributed by atoms with Crippen molar-refractivity contribution in [1.29, 1.82) is 0 Å². The highest BCUT2D eigenvalue weighted by atomic mass is 35.5. The molecule has 2 heterocycles. The lowest BCUT2D eigenvalue weighted by molar-refractivity contribution is 0.302. The van der Waals surface area contributed by atoms with Gasteiger partial charge in [0.15, 0.2) is 0 Å². The van der Waals surface area contributed by atoms with Crippen LogP contribution in [0.4, 0.5) is 10.2 Å². The van der Waals surface area contributed by atoms with E-state index in [2.05, 4.69) is 33.3 Å². The molecule has 0 bridgehead atoms. The Morgan fingerprint density at radius 3 is 2.61 bits per heavy atom. The molecule has 33 heavy (non-hydrogen) atoms. The largest absolute Gasteiger partial charge is 0.367 e. The molecule has 1 aliphatic carbocycles. The maximum Gasteiger partial charge on any atom is 0.224 e. The van der Waals surface area contributed by atoms with Gasteiger partial charge in [0.1, 0.15) is 11.6 Å². The Balaban J connectivity index is 1.24. The van der Waals surface area contributed by atoms with Gasteiger partial charge in [0.2, 0.25) is 5.28 Å². The zero-order valence-corrected chi connectivity index (χ0v) is 19.9. The van der Waals surface area contributed by atoms with Crippen molar-refractivity contribution < 1.29 is 4.39 Å². The number of nitrogens with one attached hydrogen (secondary N) is 1. The second kappa shape index (κ2) is 9.40. The number of nitrogens with zero attached hydrogens (tertiary/aromatic N) is 3. The fourth-order valence-corrected chi connectivity index (χ4v) is 5.52. The van der Waals surface area contributed by atoms with Crippen LogP contribution in [0.3, 0.4) is 0 Å². The Morgan fingerprint density at radius 1 is 0.970 bits per heavy atom. The van der Waals surface area contributed by atoms with Crippen LogP contribution in [-0.4, -0.2) is 21.0 Å². The molecule has 0 radical (unpaired) electrons. The molecule has 1 N–H and O–H groups in total. The van der Waals surface area contributed by atoms with Gasteiger partial charge in [-0.3, -0.25) is 4.98 Å². The van der Waals surface area contributed by atoms with Gasteiger partial charge >= 0.3 is 0 Å². The molecule has 170 valence electrons. The molecule has 2 aromatic heterocycles. The van der Waals surface area contributed by atoms with E-state index in [4.69, 9.17) is 23.2 Å². The number of benzene rings is 2. The van der Waals surface area contributed by atoms with Crippen molar-refractivity contribution in [2.75, 3.05) is 5.32 Å². The molecule has 1 aliphatic rings. The summed E-state index contributed by atoms with van der Waals surface area (Å²) in [6.07, 6.45) is 7.40. The lowest BCUT2D eigenvalue weighted by atomic mass is 9.76. The first-order valence-electron chi connectivity index (χ1n) is 11.4. The number of pyridine rings is 1.